The Balaban J connectivity index is 1.56. The van der Waals surface area contributed by atoms with Gasteiger partial charge in [0.25, 0.3) is 0 Å². The lowest BCUT2D eigenvalue weighted by atomic mass is 10.1. The van der Waals surface area contributed by atoms with E-state index in [1.165, 1.54) is 18.2 Å². The van der Waals surface area contributed by atoms with Gasteiger partial charge in [-0.25, -0.2) is 8.42 Å². The van der Waals surface area contributed by atoms with Crippen molar-refractivity contribution < 1.29 is 45.6 Å². The topological polar surface area (TPSA) is 144 Å². The van der Waals surface area contributed by atoms with E-state index in [-0.39, 0.29) is 34.2 Å². The molecule has 0 radical (unpaired) electrons. The molecule has 0 saturated heterocycles. The zero-order valence-electron chi connectivity index (χ0n) is 16.0. The minimum Gasteiger partial charge on any atom is -0.481 e. The van der Waals surface area contributed by atoms with E-state index in [4.69, 9.17) is 9.63 Å². The molecular formula is C18H15F3N2O7S2. The van der Waals surface area contributed by atoms with Gasteiger partial charge in [-0.2, -0.15) is 13.2 Å². The Morgan fingerprint density at radius 1 is 1.25 bits per heavy atom. The van der Waals surface area contributed by atoms with Crippen molar-refractivity contribution in [2.75, 3.05) is 12.4 Å². The maximum absolute atomic E-state index is 12.9. The van der Waals surface area contributed by atoms with Crippen LogP contribution >= 0.6 is 11.3 Å². The molecule has 32 heavy (non-hydrogen) atoms. The van der Waals surface area contributed by atoms with E-state index in [9.17, 15) is 31.5 Å². The first kappa shape index (κ1) is 22.5. The molecule has 2 N–H and O–H groups in total. The second kappa shape index (κ2) is 7.71. The number of nitrogens with zero attached hydrogens (tertiary/aromatic N) is 2. The molecule has 2 atom stereocenters. The minimum absolute atomic E-state index is 0.0309. The molecule has 1 fully saturated rings. The number of halogens is 3. The van der Waals surface area contributed by atoms with Crippen LogP contribution in [0.15, 0.2) is 37.5 Å². The molecule has 9 nitrogen and oxygen atoms in total. The van der Waals surface area contributed by atoms with Crippen molar-refractivity contribution >= 4 is 27.1 Å². The van der Waals surface area contributed by atoms with E-state index >= 15 is 0 Å². The summed E-state index contributed by atoms with van der Waals surface area (Å²) < 4.78 is 73.0. The van der Waals surface area contributed by atoms with Crippen LogP contribution in [0.3, 0.4) is 0 Å². The lowest BCUT2D eigenvalue weighted by molar-refractivity contribution is -0.155. The first-order valence-electron chi connectivity index (χ1n) is 9.13. The number of aromatic nitrogens is 2. The summed E-state index contributed by atoms with van der Waals surface area (Å²) in [5, 5.41) is 25.8. The van der Waals surface area contributed by atoms with Crippen molar-refractivity contribution in [2.45, 2.75) is 29.1 Å². The molecule has 3 aromatic heterocycles. The predicted molar refractivity (Wildman–Crippen MR) is 102 cm³/mol. The van der Waals surface area contributed by atoms with Gasteiger partial charge in [0.1, 0.15) is 15.7 Å². The number of alkyl halides is 3. The number of sulfone groups is 1. The van der Waals surface area contributed by atoms with E-state index in [0.717, 1.165) is 0 Å². The summed E-state index contributed by atoms with van der Waals surface area (Å²) in [6.45, 7) is -0.186. The number of carboxylic acid groups (broad SMARTS) is 1. The highest BCUT2D eigenvalue weighted by Crippen LogP contribution is 2.60. The third kappa shape index (κ3) is 4.04. The van der Waals surface area contributed by atoms with Gasteiger partial charge in [-0.3, -0.25) is 4.79 Å². The van der Waals surface area contributed by atoms with Gasteiger partial charge in [-0.1, -0.05) is 10.3 Å². The molecule has 3 heterocycles. The Hall–Kier alpha value is -2.71. The fraction of sp³-hybridized carbons (Fsp3) is 0.389. The van der Waals surface area contributed by atoms with Crippen LogP contribution < -0.4 is 0 Å². The lowest BCUT2D eigenvalue weighted by Gasteiger charge is -2.11. The molecule has 0 aliphatic heterocycles. The summed E-state index contributed by atoms with van der Waals surface area (Å²) in [6, 6.07) is 4.63. The molecular weight excluding hydrogens is 477 g/mol. The molecule has 0 aromatic carbocycles. The summed E-state index contributed by atoms with van der Waals surface area (Å²) in [6.07, 6.45) is -4.51. The standard InChI is InChI=1S/C18H15F3N2O7S2/c19-18(20,21)14-6-12(23-30-14)13-1-2-15(31-13)32(27,28)8-17(16(25)26)7-10(17)11-5-9(3-4-24)29-22-11/h1-2,5-6,10,24H,3-4,7-8H2,(H,25,26). The van der Waals surface area contributed by atoms with Crippen LogP contribution in [0.1, 0.15) is 29.6 Å². The number of carboxylic acids is 1. The average molecular weight is 492 g/mol. The number of rotatable bonds is 8. The number of aliphatic carboxylic acids is 1. The first-order valence-corrected chi connectivity index (χ1v) is 11.6. The summed E-state index contributed by atoms with van der Waals surface area (Å²) in [5.74, 6) is -3.67. The van der Waals surface area contributed by atoms with Gasteiger partial charge in [0.05, 0.1) is 28.3 Å². The number of hydrogen-bond acceptors (Lipinski definition) is 9. The normalized spacial score (nSPS) is 21.1. The number of carbonyl (C=O) groups is 1. The molecule has 4 rings (SSSR count). The average Bonchev–Trinajstić information content (AvgIpc) is 3.18. The largest absolute Gasteiger partial charge is 0.481 e. The molecule has 0 spiro atoms. The van der Waals surface area contributed by atoms with Gasteiger partial charge in [0, 0.05) is 24.5 Å². The summed E-state index contributed by atoms with van der Waals surface area (Å²) in [7, 11) is -4.09. The van der Waals surface area contributed by atoms with Crippen molar-refractivity contribution in [1.82, 2.24) is 10.3 Å². The van der Waals surface area contributed by atoms with Crippen LogP contribution in [0.25, 0.3) is 10.6 Å². The van der Waals surface area contributed by atoms with E-state index in [2.05, 4.69) is 14.8 Å². The highest BCUT2D eigenvalue weighted by atomic mass is 32.2. The van der Waals surface area contributed by atoms with Crippen molar-refractivity contribution in [3.63, 3.8) is 0 Å². The molecule has 2 unspecified atom stereocenters. The molecule has 1 aliphatic carbocycles. The second-order valence-corrected chi connectivity index (χ2v) is 10.7. The third-order valence-corrected chi connectivity index (χ3v) is 8.73. The fourth-order valence-corrected chi connectivity index (χ4v) is 6.61. The maximum atomic E-state index is 12.9. The monoisotopic (exact) mass is 492 g/mol. The number of aliphatic hydroxyl groups excluding tert-OH is 1. The SMILES string of the molecule is O=C(O)C1(CS(=O)(=O)c2ccc(-c3cc(C(F)(F)F)on3)s2)CC1c1cc(CCO)on1. The van der Waals surface area contributed by atoms with E-state index in [1.54, 1.807) is 0 Å². The van der Waals surface area contributed by atoms with Crippen LogP contribution in [-0.2, 0) is 27.2 Å². The van der Waals surface area contributed by atoms with E-state index < -0.39 is 44.8 Å². The van der Waals surface area contributed by atoms with Crippen molar-refractivity contribution in [3.8, 4) is 10.6 Å². The zero-order chi connectivity index (χ0) is 23.3. The second-order valence-electron chi connectivity index (χ2n) is 7.36. The highest BCUT2D eigenvalue weighted by molar-refractivity contribution is 7.93. The number of hydrogen-bond donors (Lipinski definition) is 2. The fourth-order valence-electron chi connectivity index (χ4n) is 3.43. The summed E-state index contributed by atoms with van der Waals surface area (Å²) in [4.78, 5) is 12.1. The molecule has 1 saturated carbocycles. The molecule has 0 amide bonds. The van der Waals surface area contributed by atoms with Crippen LogP contribution in [0.4, 0.5) is 13.2 Å². The van der Waals surface area contributed by atoms with E-state index in [0.29, 0.717) is 28.9 Å². The van der Waals surface area contributed by atoms with Crippen LogP contribution in [0.2, 0.25) is 0 Å². The number of thiophene rings is 1. The smallest absolute Gasteiger partial charge is 0.452 e. The van der Waals surface area contributed by atoms with Crippen molar-refractivity contribution in [2.24, 2.45) is 5.41 Å². The van der Waals surface area contributed by atoms with Gasteiger partial charge in [0.2, 0.25) is 5.76 Å². The Bertz CT molecular complexity index is 1260. The molecule has 3 aromatic rings. The van der Waals surface area contributed by atoms with Gasteiger partial charge in [0.15, 0.2) is 9.84 Å². The summed E-state index contributed by atoms with van der Waals surface area (Å²) in [5.41, 5.74) is -1.49. The van der Waals surface area contributed by atoms with Crippen molar-refractivity contribution in [3.05, 3.63) is 41.5 Å². The van der Waals surface area contributed by atoms with Gasteiger partial charge < -0.3 is 19.3 Å². The molecule has 14 heteroatoms. The number of aliphatic hydroxyl groups is 1. The highest BCUT2D eigenvalue weighted by Gasteiger charge is 2.64. The molecule has 0 bridgehead atoms. The zero-order valence-corrected chi connectivity index (χ0v) is 17.6. The first-order chi connectivity index (χ1) is 15.0. The Morgan fingerprint density at radius 3 is 2.62 bits per heavy atom. The maximum Gasteiger partial charge on any atom is 0.452 e. The Morgan fingerprint density at radius 2 is 2.00 bits per heavy atom. The lowest BCUT2D eigenvalue weighted by Crippen LogP contribution is -2.27. The third-order valence-electron chi connectivity index (χ3n) is 5.17. The van der Waals surface area contributed by atoms with Gasteiger partial charge in [-0.15, -0.1) is 11.3 Å². The van der Waals surface area contributed by atoms with Gasteiger partial charge in [-0.05, 0) is 18.6 Å². The Kier molecular flexibility index (Phi) is 5.41. The van der Waals surface area contributed by atoms with Crippen LogP contribution in [0, 0.1) is 5.41 Å². The van der Waals surface area contributed by atoms with Crippen molar-refractivity contribution in [1.29, 1.82) is 0 Å². The molecule has 1 aliphatic rings. The Labute approximate surface area is 182 Å². The predicted octanol–water partition coefficient (Wildman–Crippen LogP) is 2.98. The summed E-state index contributed by atoms with van der Waals surface area (Å²) >= 11 is 0.672. The minimum atomic E-state index is -4.73. The quantitative estimate of drug-likeness (QED) is 0.485. The van der Waals surface area contributed by atoms with Crippen LogP contribution in [-0.4, -0.2) is 47.3 Å². The van der Waals surface area contributed by atoms with Gasteiger partial charge >= 0.3 is 12.1 Å². The van der Waals surface area contributed by atoms with E-state index in [1.807, 2.05) is 0 Å². The molecule has 172 valence electrons. The van der Waals surface area contributed by atoms with Crippen LogP contribution in [0.5, 0.6) is 0 Å².